The highest BCUT2D eigenvalue weighted by Crippen LogP contribution is 2.22. The third kappa shape index (κ3) is 5.19. The summed E-state index contributed by atoms with van der Waals surface area (Å²) < 4.78 is 7.11. The van der Waals surface area contributed by atoms with E-state index in [0.29, 0.717) is 42.6 Å². The fourth-order valence-corrected chi connectivity index (χ4v) is 4.52. The van der Waals surface area contributed by atoms with Gasteiger partial charge in [0.1, 0.15) is 12.1 Å². The minimum absolute atomic E-state index is 0.0307. The summed E-state index contributed by atoms with van der Waals surface area (Å²) in [5.74, 6) is 0.910. The van der Waals surface area contributed by atoms with Gasteiger partial charge in [-0.05, 0) is 55.3 Å². The van der Waals surface area contributed by atoms with E-state index in [0.717, 1.165) is 5.69 Å². The van der Waals surface area contributed by atoms with Crippen LogP contribution in [0.3, 0.4) is 0 Å². The number of amides is 2. The van der Waals surface area contributed by atoms with Crippen LogP contribution in [0, 0.1) is 13.8 Å². The Morgan fingerprint density at radius 2 is 1.76 bits per heavy atom. The first-order valence-electron chi connectivity index (χ1n) is 10.8. The standard InChI is InChI=1S/C24H27N5O3S/c1-17-7-8-20(13-18(17)2)29-16-25-26-24(29)33-15-22(30)27-9-11-28(12-10-27)23(31)19-5-4-6-21(14-19)32-3/h4-8,13-14,16H,9-12,15H2,1-3H3. The van der Waals surface area contributed by atoms with Gasteiger partial charge in [-0.2, -0.15) is 0 Å². The number of thioether (sulfide) groups is 1. The van der Waals surface area contributed by atoms with Crippen LogP contribution in [0.1, 0.15) is 21.5 Å². The van der Waals surface area contributed by atoms with E-state index in [1.165, 1.54) is 22.9 Å². The first-order valence-corrected chi connectivity index (χ1v) is 11.8. The lowest BCUT2D eigenvalue weighted by Gasteiger charge is -2.34. The number of piperazine rings is 1. The molecule has 0 unspecified atom stereocenters. The molecule has 0 saturated carbocycles. The van der Waals surface area contributed by atoms with E-state index in [1.807, 2.05) is 16.7 Å². The molecule has 1 aromatic heterocycles. The molecular weight excluding hydrogens is 438 g/mol. The zero-order valence-corrected chi connectivity index (χ0v) is 19.8. The molecule has 0 N–H and O–H groups in total. The molecular formula is C24H27N5O3S. The van der Waals surface area contributed by atoms with Gasteiger partial charge in [-0.15, -0.1) is 10.2 Å². The Labute approximate surface area is 197 Å². The van der Waals surface area contributed by atoms with Crippen LogP contribution in [0.15, 0.2) is 53.9 Å². The highest BCUT2D eigenvalue weighted by atomic mass is 32.2. The maximum atomic E-state index is 12.8. The van der Waals surface area contributed by atoms with Crippen molar-refractivity contribution in [2.45, 2.75) is 19.0 Å². The number of hydrogen-bond donors (Lipinski definition) is 0. The number of carbonyl (C=O) groups is 2. The number of nitrogens with zero attached hydrogens (tertiary/aromatic N) is 5. The lowest BCUT2D eigenvalue weighted by atomic mass is 10.1. The fourth-order valence-electron chi connectivity index (χ4n) is 3.69. The molecule has 0 aliphatic carbocycles. The third-order valence-electron chi connectivity index (χ3n) is 5.85. The van der Waals surface area contributed by atoms with Gasteiger partial charge in [0.2, 0.25) is 5.91 Å². The van der Waals surface area contributed by atoms with Crippen molar-refractivity contribution in [1.82, 2.24) is 24.6 Å². The van der Waals surface area contributed by atoms with Crippen molar-refractivity contribution in [2.24, 2.45) is 0 Å². The number of hydrogen-bond acceptors (Lipinski definition) is 6. The average molecular weight is 466 g/mol. The van der Waals surface area contributed by atoms with Gasteiger partial charge in [0, 0.05) is 37.4 Å². The predicted molar refractivity (Wildman–Crippen MR) is 127 cm³/mol. The molecule has 1 fully saturated rings. The van der Waals surface area contributed by atoms with Gasteiger partial charge >= 0.3 is 0 Å². The number of aryl methyl sites for hydroxylation is 2. The molecule has 0 atom stereocenters. The maximum absolute atomic E-state index is 12.8. The van der Waals surface area contributed by atoms with E-state index < -0.39 is 0 Å². The Morgan fingerprint density at radius 1 is 1.00 bits per heavy atom. The summed E-state index contributed by atoms with van der Waals surface area (Å²) in [6.07, 6.45) is 1.67. The molecule has 3 aromatic rings. The molecule has 2 amide bonds. The summed E-state index contributed by atoms with van der Waals surface area (Å²) in [6.45, 7) is 6.18. The van der Waals surface area contributed by atoms with E-state index in [1.54, 1.807) is 41.4 Å². The highest BCUT2D eigenvalue weighted by Gasteiger charge is 2.25. The molecule has 0 radical (unpaired) electrons. The number of benzene rings is 2. The second-order valence-corrected chi connectivity index (χ2v) is 8.89. The zero-order valence-electron chi connectivity index (χ0n) is 19.0. The van der Waals surface area contributed by atoms with E-state index in [9.17, 15) is 9.59 Å². The summed E-state index contributed by atoms with van der Waals surface area (Å²) >= 11 is 1.37. The molecule has 172 valence electrons. The Bertz CT molecular complexity index is 1150. The third-order valence-corrected chi connectivity index (χ3v) is 6.77. The van der Waals surface area contributed by atoms with Gasteiger partial charge in [-0.25, -0.2) is 0 Å². The Kier molecular flexibility index (Phi) is 6.98. The van der Waals surface area contributed by atoms with Gasteiger partial charge in [0.25, 0.3) is 5.91 Å². The Morgan fingerprint density at radius 3 is 2.48 bits per heavy atom. The first-order chi connectivity index (χ1) is 16.0. The van der Waals surface area contributed by atoms with E-state index in [-0.39, 0.29) is 17.6 Å². The normalized spacial score (nSPS) is 13.8. The van der Waals surface area contributed by atoms with Crippen LogP contribution in [-0.2, 0) is 4.79 Å². The van der Waals surface area contributed by atoms with Crippen molar-refractivity contribution in [1.29, 1.82) is 0 Å². The molecule has 4 rings (SSSR count). The van der Waals surface area contributed by atoms with Gasteiger partial charge in [-0.3, -0.25) is 14.2 Å². The Hall–Kier alpha value is -3.33. The van der Waals surface area contributed by atoms with Gasteiger partial charge in [0.05, 0.1) is 12.9 Å². The molecule has 0 spiro atoms. The van der Waals surface area contributed by atoms with Crippen LogP contribution < -0.4 is 4.74 Å². The molecule has 9 heteroatoms. The molecule has 8 nitrogen and oxygen atoms in total. The minimum atomic E-state index is -0.0446. The summed E-state index contributed by atoms with van der Waals surface area (Å²) in [7, 11) is 1.58. The number of methoxy groups -OCH3 is 1. The molecule has 1 saturated heterocycles. The van der Waals surface area contributed by atoms with Crippen molar-refractivity contribution in [2.75, 3.05) is 39.0 Å². The molecule has 2 aromatic carbocycles. The number of rotatable bonds is 6. The summed E-state index contributed by atoms with van der Waals surface area (Å²) in [5.41, 5.74) is 3.98. The number of carbonyl (C=O) groups excluding carboxylic acids is 2. The van der Waals surface area contributed by atoms with Gasteiger partial charge in [-0.1, -0.05) is 23.9 Å². The van der Waals surface area contributed by atoms with Crippen LogP contribution >= 0.6 is 11.8 Å². The van der Waals surface area contributed by atoms with E-state index in [4.69, 9.17) is 4.74 Å². The fraction of sp³-hybridized carbons (Fsp3) is 0.333. The van der Waals surface area contributed by atoms with E-state index in [2.05, 4.69) is 36.2 Å². The monoisotopic (exact) mass is 465 g/mol. The average Bonchev–Trinajstić information content (AvgIpc) is 3.32. The summed E-state index contributed by atoms with van der Waals surface area (Å²) in [4.78, 5) is 29.2. The molecule has 33 heavy (non-hydrogen) atoms. The molecule has 0 bridgehead atoms. The van der Waals surface area contributed by atoms with Crippen molar-refractivity contribution in [3.05, 3.63) is 65.5 Å². The van der Waals surface area contributed by atoms with Crippen LogP contribution in [0.4, 0.5) is 0 Å². The minimum Gasteiger partial charge on any atom is -0.497 e. The highest BCUT2D eigenvalue weighted by molar-refractivity contribution is 7.99. The van der Waals surface area contributed by atoms with Crippen LogP contribution in [0.25, 0.3) is 5.69 Å². The second kappa shape index (κ2) is 10.1. The Balaban J connectivity index is 1.32. The topological polar surface area (TPSA) is 80.6 Å². The number of ether oxygens (including phenoxy) is 1. The molecule has 1 aliphatic rings. The lowest BCUT2D eigenvalue weighted by molar-refractivity contribution is -0.129. The molecule has 2 heterocycles. The predicted octanol–water partition coefficient (Wildman–Crippen LogP) is 2.97. The lowest BCUT2D eigenvalue weighted by Crippen LogP contribution is -2.51. The quantitative estimate of drug-likeness (QED) is 0.521. The second-order valence-electron chi connectivity index (χ2n) is 7.95. The SMILES string of the molecule is COc1cccc(C(=O)N2CCN(C(=O)CSc3nncn3-c3ccc(C)c(C)c3)CC2)c1. The van der Waals surface area contributed by atoms with Crippen molar-refractivity contribution in [3.8, 4) is 11.4 Å². The van der Waals surface area contributed by atoms with Gasteiger partial charge in [0.15, 0.2) is 5.16 Å². The largest absolute Gasteiger partial charge is 0.497 e. The summed E-state index contributed by atoms with van der Waals surface area (Å²) in [6, 6.07) is 13.3. The van der Waals surface area contributed by atoms with Crippen molar-refractivity contribution < 1.29 is 14.3 Å². The zero-order chi connectivity index (χ0) is 23.4. The molecule has 1 aliphatic heterocycles. The van der Waals surface area contributed by atoms with Crippen LogP contribution in [-0.4, -0.2) is 75.4 Å². The van der Waals surface area contributed by atoms with Gasteiger partial charge < -0.3 is 14.5 Å². The van der Waals surface area contributed by atoms with Crippen molar-refractivity contribution in [3.63, 3.8) is 0 Å². The smallest absolute Gasteiger partial charge is 0.254 e. The van der Waals surface area contributed by atoms with Crippen LogP contribution in [0.5, 0.6) is 5.75 Å². The maximum Gasteiger partial charge on any atom is 0.254 e. The number of aromatic nitrogens is 3. The summed E-state index contributed by atoms with van der Waals surface area (Å²) in [5, 5.41) is 8.89. The van der Waals surface area contributed by atoms with Crippen molar-refractivity contribution >= 4 is 23.6 Å². The van der Waals surface area contributed by atoms with E-state index >= 15 is 0 Å². The first kappa shape index (κ1) is 22.8. The van der Waals surface area contributed by atoms with Crippen LogP contribution in [0.2, 0.25) is 0 Å².